The summed E-state index contributed by atoms with van der Waals surface area (Å²) < 4.78 is 0. The minimum atomic E-state index is -0.0864. The van der Waals surface area contributed by atoms with Crippen molar-refractivity contribution in [3.63, 3.8) is 0 Å². The molecular weight excluding hydrogens is 224 g/mol. The van der Waals surface area contributed by atoms with Crippen LogP contribution in [0.5, 0.6) is 0 Å². The molecule has 1 aromatic rings. The number of allylic oxidation sites excluding steroid dienone is 1. The van der Waals surface area contributed by atoms with E-state index in [0.717, 1.165) is 17.7 Å². The summed E-state index contributed by atoms with van der Waals surface area (Å²) in [4.78, 5) is 13.7. The van der Waals surface area contributed by atoms with E-state index < -0.39 is 0 Å². The zero-order valence-electron chi connectivity index (χ0n) is 11.1. The van der Waals surface area contributed by atoms with Crippen LogP contribution in [-0.2, 0) is 4.79 Å². The SMILES string of the molecule is CCCC(=O)C(C#N)=Cc1ccc(N(C)C)cc1. The molecule has 0 atom stereocenters. The Kier molecular flexibility index (Phi) is 5.13. The molecule has 3 nitrogen and oxygen atoms in total. The molecule has 0 aliphatic carbocycles. The minimum absolute atomic E-state index is 0.0864. The lowest BCUT2D eigenvalue weighted by Gasteiger charge is -2.11. The van der Waals surface area contributed by atoms with E-state index in [1.54, 1.807) is 6.08 Å². The molecule has 0 unspecified atom stereocenters. The lowest BCUT2D eigenvalue weighted by atomic mass is 10.0. The third-order valence-corrected chi connectivity index (χ3v) is 2.62. The zero-order chi connectivity index (χ0) is 13.5. The first-order valence-corrected chi connectivity index (χ1v) is 6.01. The van der Waals surface area contributed by atoms with Crippen LogP contribution in [0, 0.1) is 11.3 Å². The molecule has 18 heavy (non-hydrogen) atoms. The highest BCUT2D eigenvalue weighted by atomic mass is 16.1. The Bertz CT molecular complexity index is 478. The summed E-state index contributed by atoms with van der Waals surface area (Å²) in [6, 6.07) is 9.72. The molecule has 1 rings (SSSR count). The maximum Gasteiger partial charge on any atom is 0.173 e. The van der Waals surface area contributed by atoms with Gasteiger partial charge in [0.25, 0.3) is 0 Å². The van der Waals surface area contributed by atoms with Gasteiger partial charge in [-0.25, -0.2) is 0 Å². The second-order valence-corrected chi connectivity index (χ2v) is 4.33. The second kappa shape index (κ2) is 6.61. The van der Waals surface area contributed by atoms with Crippen LogP contribution in [0.1, 0.15) is 25.3 Å². The molecule has 94 valence electrons. The fraction of sp³-hybridized carbons (Fsp3) is 0.333. The molecule has 3 heteroatoms. The predicted molar refractivity (Wildman–Crippen MR) is 74.3 cm³/mol. The number of ketones is 1. The first-order chi connectivity index (χ1) is 8.58. The maximum absolute atomic E-state index is 11.7. The summed E-state index contributed by atoms with van der Waals surface area (Å²) in [5, 5.41) is 8.98. The van der Waals surface area contributed by atoms with Gasteiger partial charge in [0, 0.05) is 26.2 Å². The smallest absolute Gasteiger partial charge is 0.173 e. The van der Waals surface area contributed by atoms with Gasteiger partial charge in [-0.05, 0) is 30.2 Å². The van der Waals surface area contributed by atoms with Crippen LogP contribution in [0.3, 0.4) is 0 Å². The second-order valence-electron chi connectivity index (χ2n) is 4.33. The molecule has 0 radical (unpaired) electrons. The molecule has 0 bridgehead atoms. The Morgan fingerprint density at radius 2 is 1.94 bits per heavy atom. The molecular formula is C15H18N2O. The van der Waals surface area contributed by atoms with Gasteiger partial charge in [-0.2, -0.15) is 5.26 Å². The summed E-state index contributed by atoms with van der Waals surface area (Å²) in [7, 11) is 3.94. The van der Waals surface area contributed by atoms with Crippen LogP contribution < -0.4 is 4.90 Å². The van der Waals surface area contributed by atoms with Crippen LogP contribution in [0.4, 0.5) is 5.69 Å². The Balaban J connectivity index is 2.93. The number of nitriles is 1. The number of nitrogens with zero attached hydrogens (tertiary/aromatic N) is 2. The number of anilines is 1. The van der Waals surface area contributed by atoms with Crippen LogP contribution in [0.15, 0.2) is 29.8 Å². The van der Waals surface area contributed by atoms with Crippen molar-refractivity contribution in [3.8, 4) is 6.07 Å². The van der Waals surface area contributed by atoms with E-state index in [0.29, 0.717) is 6.42 Å². The van der Waals surface area contributed by atoms with Crippen molar-refractivity contribution in [1.29, 1.82) is 5.26 Å². The lowest BCUT2D eigenvalue weighted by molar-refractivity contribution is -0.115. The predicted octanol–water partition coefficient (Wildman–Crippen LogP) is 3.03. The quantitative estimate of drug-likeness (QED) is 0.589. The number of benzene rings is 1. The number of carbonyl (C=O) groups excluding carboxylic acids is 1. The molecule has 0 N–H and O–H groups in total. The highest BCUT2D eigenvalue weighted by molar-refractivity contribution is 6.03. The van der Waals surface area contributed by atoms with Crippen molar-refractivity contribution in [2.45, 2.75) is 19.8 Å². The van der Waals surface area contributed by atoms with Gasteiger partial charge in [0.2, 0.25) is 0 Å². The van der Waals surface area contributed by atoms with Crippen molar-refractivity contribution in [2.24, 2.45) is 0 Å². The van der Waals surface area contributed by atoms with E-state index in [4.69, 9.17) is 5.26 Å². The number of rotatable bonds is 5. The van der Waals surface area contributed by atoms with Crippen molar-refractivity contribution in [1.82, 2.24) is 0 Å². The number of carbonyl (C=O) groups is 1. The highest BCUT2D eigenvalue weighted by Crippen LogP contribution is 2.15. The molecule has 0 spiro atoms. The van der Waals surface area contributed by atoms with E-state index in [2.05, 4.69) is 0 Å². The zero-order valence-corrected chi connectivity index (χ0v) is 11.1. The molecule has 0 aliphatic heterocycles. The Labute approximate surface area is 108 Å². The normalized spacial score (nSPS) is 10.9. The largest absolute Gasteiger partial charge is 0.378 e. The summed E-state index contributed by atoms with van der Waals surface area (Å²) >= 11 is 0. The van der Waals surface area contributed by atoms with Gasteiger partial charge >= 0.3 is 0 Å². The van der Waals surface area contributed by atoms with Crippen LogP contribution >= 0.6 is 0 Å². The fourth-order valence-electron chi connectivity index (χ4n) is 1.57. The average molecular weight is 242 g/mol. The standard InChI is InChI=1S/C15H18N2O/c1-4-5-15(18)13(11-16)10-12-6-8-14(9-7-12)17(2)3/h6-10H,4-5H2,1-3H3. The van der Waals surface area contributed by atoms with Gasteiger partial charge in [0.15, 0.2) is 5.78 Å². The van der Waals surface area contributed by atoms with E-state index in [1.165, 1.54) is 0 Å². The van der Waals surface area contributed by atoms with E-state index in [1.807, 2.05) is 56.3 Å². The monoisotopic (exact) mass is 242 g/mol. The lowest BCUT2D eigenvalue weighted by Crippen LogP contribution is -2.08. The molecule has 0 saturated carbocycles. The Morgan fingerprint density at radius 3 is 2.39 bits per heavy atom. The van der Waals surface area contributed by atoms with E-state index >= 15 is 0 Å². The van der Waals surface area contributed by atoms with Crippen molar-refractivity contribution >= 4 is 17.5 Å². The first kappa shape index (κ1) is 14.0. The number of Topliss-reactive ketones (excluding diaryl/α,β-unsaturated/α-hetero) is 1. The van der Waals surface area contributed by atoms with Gasteiger partial charge in [-0.3, -0.25) is 4.79 Å². The topological polar surface area (TPSA) is 44.1 Å². The summed E-state index contributed by atoms with van der Waals surface area (Å²) in [5.41, 5.74) is 2.20. The van der Waals surface area contributed by atoms with E-state index in [-0.39, 0.29) is 11.4 Å². The van der Waals surface area contributed by atoms with Crippen molar-refractivity contribution in [3.05, 3.63) is 35.4 Å². The summed E-state index contributed by atoms with van der Waals surface area (Å²) in [6.07, 6.45) is 2.84. The third-order valence-electron chi connectivity index (χ3n) is 2.62. The number of hydrogen-bond donors (Lipinski definition) is 0. The van der Waals surface area contributed by atoms with Gasteiger partial charge in [0.1, 0.15) is 6.07 Å². The van der Waals surface area contributed by atoms with Gasteiger partial charge in [0.05, 0.1) is 5.57 Å². The Hall–Kier alpha value is -2.08. The molecule has 0 fully saturated rings. The van der Waals surface area contributed by atoms with Crippen molar-refractivity contribution < 1.29 is 4.79 Å². The summed E-state index contributed by atoms with van der Waals surface area (Å²) in [5.74, 6) is -0.0864. The number of hydrogen-bond acceptors (Lipinski definition) is 3. The Morgan fingerprint density at radius 1 is 1.33 bits per heavy atom. The van der Waals surface area contributed by atoms with Crippen molar-refractivity contribution in [2.75, 3.05) is 19.0 Å². The average Bonchev–Trinajstić information content (AvgIpc) is 2.36. The van der Waals surface area contributed by atoms with Crippen LogP contribution in [-0.4, -0.2) is 19.9 Å². The first-order valence-electron chi connectivity index (χ1n) is 6.01. The van der Waals surface area contributed by atoms with Gasteiger partial charge in [-0.1, -0.05) is 19.1 Å². The van der Waals surface area contributed by atoms with Crippen LogP contribution in [0.2, 0.25) is 0 Å². The molecule has 1 aromatic carbocycles. The molecule has 0 aromatic heterocycles. The van der Waals surface area contributed by atoms with Gasteiger partial charge < -0.3 is 4.90 Å². The maximum atomic E-state index is 11.7. The molecule has 0 amide bonds. The molecule has 0 saturated heterocycles. The highest BCUT2D eigenvalue weighted by Gasteiger charge is 2.07. The van der Waals surface area contributed by atoms with Crippen LogP contribution in [0.25, 0.3) is 6.08 Å². The third kappa shape index (κ3) is 3.74. The fourth-order valence-corrected chi connectivity index (χ4v) is 1.57. The van der Waals surface area contributed by atoms with Gasteiger partial charge in [-0.15, -0.1) is 0 Å². The molecule has 0 aliphatic rings. The summed E-state index contributed by atoms with van der Waals surface area (Å²) in [6.45, 7) is 1.93. The van der Waals surface area contributed by atoms with E-state index in [9.17, 15) is 4.79 Å². The minimum Gasteiger partial charge on any atom is -0.378 e. The molecule has 0 heterocycles.